The lowest BCUT2D eigenvalue weighted by atomic mass is 10.2. The van der Waals surface area contributed by atoms with Crippen molar-refractivity contribution in [2.75, 3.05) is 11.1 Å². The van der Waals surface area contributed by atoms with Crippen LogP contribution in [-0.4, -0.2) is 22.4 Å². The van der Waals surface area contributed by atoms with E-state index in [9.17, 15) is 9.59 Å². The van der Waals surface area contributed by atoms with Crippen LogP contribution in [0.25, 0.3) is 0 Å². The lowest BCUT2D eigenvalue weighted by Gasteiger charge is -2.02. The van der Waals surface area contributed by atoms with Crippen LogP contribution in [0.5, 0.6) is 0 Å². The molecule has 1 aromatic carbocycles. The van der Waals surface area contributed by atoms with E-state index in [2.05, 4.69) is 10.3 Å². The topological polar surface area (TPSA) is 59.1 Å². The molecule has 1 N–H and O–H groups in total. The summed E-state index contributed by atoms with van der Waals surface area (Å²) in [6.07, 6.45) is 0. The molecule has 4 nitrogen and oxygen atoms in total. The average molecular weight is 341 g/mol. The Morgan fingerprint density at radius 2 is 2.05 bits per heavy atom. The summed E-state index contributed by atoms with van der Waals surface area (Å²) in [5, 5.41) is 5.48. The van der Waals surface area contributed by atoms with Crippen LogP contribution in [0, 0.1) is 0 Å². The van der Waals surface area contributed by atoms with Crippen LogP contribution in [0.15, 0.2) is 29.6 Å². The summed E-state index contributed by atoms with van der Waals surface area (Å²) in [5.41, 5.74) is 1.49. The molecule has 21 heavy (non-hydrogen) atoms. The number of benzene rings is 1. The molecule has 0 radical (unpaired) electrons. The predicted molar refractivity (Wildman–Crippen MR) is 88.4 cm³/mol. The van der Waals surface area contributed by atoms with E-state index in [1.165, 1.54) is 30.0 Å². The zero-order chi connectivity index (χ0) is 15.2. The molecule has 0 saturated heterocycles. The Bertz CT molecular complexity index is 641. The number of hydrogen-bond acceptors (Lipinski definition) is 5. The average Bonchev–Trinajstić information content (AvgIpc) is 2.90. The number of halogens is 1. The maximum absolute atomic E-state index is 11.8. The number of anilines is 1. The van der Waals surface area contributed by atoms with E-state index in [0.29, 0.717) is 21.6 Å². The van der Waals surface area contributed by atoms with E-state index in [1.807, 2.05) is 24.3 Å². The van der Waals surface area contributed by atoms with Gasteiger partial charge >= 0.3 is 0 Å². The Morgan fingerprint density at radius 1 is 1.33 bits per heavy atom. The van der Waals surface area contributed by atoms with Crippen LogP contribution < -0.4 is 5.32 Å². The van der Waals surface area contributed by atoms with Crippen LogP contribution in [-0.2, 0) is 10.5 Å². The van der Waals surface area contributed by atoms with Gasteiger partial charge in [-0.1, -0.05) is 23.7 Å². The third kappa shape index (κ3) is 5.15. The van der Waals surface area contributed by atoms with Gasteiger partial charge in [-0.05, 0) is 17.7 Å². The molecule has 0 aliphatic carbocycles. The SMILES string of the molecule is CC(=O)c1csc(NC(=O)CSCc2ccc(Cl)cc2)n1. The first kappa shape index (κ1) is 16.0. The normalized spacial score (nSPS) is 10.4. The number of thioether (sulfide) groups is 1. The maximum atomic E-state index is 11.8. The molecule has 7 heteroatoms. The second kappa shape index (κ2) is 7.59. The number of nitrogens with one attached hydrogen (secondary N) is 1. The molecule has 1 amide bonds. The molecule has 1 heterocycles. The van der Waals surface area contributed by atoms with Gasteiger partial charge in [0.25, 0.3) is 0 Å². The summed E-state index contributed by atoms with van der Waals surface area (Å²) >= 11 is 8.57. The molecule has 0 aliphatic heterocycles. The van der Waals surface area contributed by atoms with Crippen molar-refractivity contribution in [2.24, 2.45) is 0 Å². The Labute approximate surface area is 135 Å². The third-order valence-electron chi connectivity index (χ3n) is 2.53. The van der Waals surface area contributed by atoms with Crippen molar-refractivity contribution in [1.29, 1.82) is 0 Å². The monoisotopic (exact) mass is 340 g/mol. The molecule has 0 aliphatic rings. The highest BCUT2D eigenvalue weighted by Gasteiger charge is 2.09. The number of ketones is 1. The van der Waals surface area contributed by atoms with E-state index in [1.54, 1.807) is 5.38 Å². The maximum Gasteiger partial charge on any atom is 0.236 e. The largest absolute Gasteiger partial charge is 0.301 e. The highest BCUT2D eigenvalue weighted by Crippen LogP contribution is 2.18. The Kier molecular flexibility index (Phi) is 5.78. The van der Waals surface area contributed by atoms with Crippen molar-refractivity contribution < 1.29 is 9.59 Å². The van der Waals surface area contributed by atoms with Crippen LogP contribution >= 0.6 is 34.7 Å². The number of thiazole rings is 1. The van der Waals surface area contributed by atoms with Gasteiger partial charge in [-0.2, -0.15) is 0 Å². The Hall–Kier alpha value is -1.37. The molecule has 0 unspecified atom stereocenters. The van der Waals surface area contributed by atoms with Gasteiger partial charge in [0.2, 0.25) is 5.91 Å². The summed E-state index contributed by atoms with van der Waals surface area (Å²) in [4.78, 5) is 26.9. The molecule has 0 spiro atoms. The molecular weight excluding hydrogens is 328 g/mol. The molecule has 0 saturated carbocycles. The molecular formula is C14H13ClN2O2S2. The minimum atomic E-state index is -0.126. The first-order valence-corrected chi connectivity index (χ1v) is 8.54. The van der Waals surface area contributed by atoms with Gasteiger partial charge in [-0.3, -0.25) is 9.59 Å². The Balaban J connectivity index is 1.76. The van der Waals surface area contributed by atoms with Gasteiger partial charge < -0.3 is 5.32 Å². The minimum absolute atomic E-state index is 0.108. The summed E-state index contributed by atoms with van der Waals surface area (Å²) in [7, 11) is 0. The highest BCUT2D eigenvalue weighted by atomic mass is 35.5. The summed E-state index contributed by atoms with van der Waals surface area (Å²) in [6, 6.07) is 7.53. The van der Waals surface area contributed by atoms with Crippen LogP contribution in [0.4, 0.5) is 5.13 Å². The molecule has 0 fully saturated rings. The number of Topliss-reactive ketones (excluding diaryl/α,β-unsaturated/α-hetero) is 1. The number of hydrogen-bond donors (Lipinski definition) is 1. The minimum Gasteiger partial charge on any atom is -0.301 e. The fourth-order valence-corrected chi connectivity index (χ4v) is 3.17. The number of carbonyl (C=O) groups is 2. The Morgan fingerprint density at radius 3 is 2.67 bits per heavy atom. The van der Waals surface area contributed by atoms with Crippen LogP contribution in [0.3, 0.4) is 0 Å². The van der Waals surface area contributed by atoms with Gasteiger partial charge in [-0.15, -0.1) is 23.1 Å². The van der Waals surface area contributed by atoms with Crippen molar-refractivity contribution in [3.8, 4) is 0 Å². The highest BCUT2D eigenvalue weighted by molar-refractivity contribution is 7.99. The number of carbonyl (C=O) groups excluding carboxylic acids is 2. The van der Waals surface area contributed by atoms with E-state index in [-0.39, 0.29) is 11.7 Å². The van der Waals surface area contributed by atoms with Crippen molar-refractivity contribution in [3.05, 3.63) is 45.9 Å². The van der Waals surface area contributed by atoms with Crippen LogP contribution in [0.1, 0.15) is 23.0 Å². The van der Waals surface area contributed by atoms with Gasteiger partial charge in [-0.25, -0.2) is 4.98 Å². The summed E-state index contributed by atoms with van der Waals surface area (Å²) in [5.74, 6) is 0.834. The molecule has 2 rings (SSSR count). The lowest BCUT2D eigenvalue weighted by molar-refractivity contribution is -0.113. The lowest BCUT2D eigenvalue weighted by Crippen LogP contribution is -2.14. The van der Waals surface area contributed by atoms with Crippen molar-refractivity contribution >= 4 is 51.5 Å². The molecule has 1 aromatic heterocycles. The van der Waals surface area contributed by atoms with Crippen molar-refractivity contribution in [3.63, 3.8) is 0 Å². The summed E-state index contributed by atoms with van der Waals surface area (Å²) < 4.78 is 0. The second-order valence-corrected chi connectivity index (χ2v) is 6.54. The zero-order valence-corrected chi connectivity index (χ0v) is 13.6. The van der Waals surface area contributed by atoms with Crippen molar-refractivity contribution in [2.45, 2.75) is 12.7 Å². The second-order valence-electron chi connectivity index (χ2n) is 4.26. The fraction of sp³-hybridized carbons (Fsp3) is 0.214. The smallest absolute Gasteiger partial charge is 0.236 e. The fourth-order valence-electron chi connectivity index (χ4n) is 1.49. The van der Waals surface area contributed by atoms with Gasteiger partial charge in [0.1, 0.15) is 5.69 Å². The number of amides is 1. The van der Waals surface area contributed by atoms with E-state index in [0.717, 1.165) is 11.3 Å². The predicted octanol–water partition coefficient (Wildman–Crippen LogP) is 3.87. The number of rotatable bonds is 6. The third-order valence-corrected chi connectivity index (χ3v) is 4.54. The number of aromatic nitrogens is 1. The van der Waals surface area contributed by atoms with Crippen molar-refractivity contribution in [1.82, 2.24) is 4.98 Å². The quantitative estimate of drug-likeness (QED) is 0.811. The molecule has 2 aromatic rings. The van der Waals surface area contributed by atoms with Gasteiger partial charge in [0.15, 0.2) is 10.9 Å². The molecule has 0 atom stereocenters. The van der Waals surface area contributed by atoms with Gasteiger partial charge in [0.05, 0.1) is 5.75 Å². The molecule has 110 valence electrons. The first-order chi connectivity index (χ1) is 10.0. The van der Waals surface area contributed by atoms with Crippen LogP contribution in [0.2, 0.25) is 5.02 Å². The number of nitrogens with zero attached hydrogens (tertiary/aromatic N) is 1. The molecule has 0 bridgehead atoms. The van der Waals surface area contributed by atoms with Gasteiger partial charge in [0, 0.05) is 23.1 Å². The first-order valence-electron chi connectivity index (χ1n) is 6.13. The zero-order valence-electron chi connectivity index (χ0n) is 11.3. The summed E-state index contributed by atoms with van der Waals surface area (Å²) in [6.45, 7) is 1.45. The standard InChI is InChI=1S/C14H13ClN2O2S2/c1-9(18)12-7-21-14(16-12)17-13(19)8-20-6-10-2-4-11(15)5-3-10/h2-5,7H,6,8H2,1H3,(H,16,17,19). The van der Waals surface area contributed by atoms with E-state index >= 15 is 0 Å². The van der Waals surface area contributed by atoms with E-state index in [4.69, 9.17) is 11.6 Å². The van der Waals surface area contributed by atoms with E-state index < -0.39 is 0 Å².